The summed E-state index contributed by atoms with van der Waals surface area (Å²) in [5.41, 5.74) is 4.50. The normalized spacial score (nSPS) is 15.3. The van der Waals surface area contributed by atoms with Crippen molar-refractivity contribution in [1.29, 1.82) is 0 Å². The van der Waals surface area contributed by atoms with Gasteiger partial charge in [0.25, 0.3) is 5.91 Å². The second-order valence-corrected chi connectivity index (χ2v) is 8.76. The number of rotatable bonds is 5. The molecule has 0 saturated heterocycles. The highest BCUT2D eigenvalue weighted by molar-refractivity contribution is 7.14. The van der Waals surface area contributed by atoms with Crippen molar-refractivity contribution in [2.45, 2.75) is 25.7 Å². The van der Waals surface area contributed by atoms with Crippen molar-refractivity contribution in [2.75, 3.05) is 23.9 Å². The number of aromatic nitrogens is 1. The van der Waals surface area contributed by atoms with Gasteiger partial charge in [-0.2, -0.15) is 0 Å². The van der Waals surface area contributed by atoms with Crippen LogP contribution in [-0.4, -0.2) is 30.5 Å². The van der Waals surface area contributed by atoms with Crippen molar-refractivity contribution in [2.24, 2.45) is 5.92 Å². The molecular formula is C24H23N3O3S. The van der Waals surface area contributed by atoms with Crippen molar-refractivity contribution >= 4 is 34.0 Å². The van der Waals surface area contributed by atoms with Gasteiger partial charge in [0.2, 0.25) is 5.91 Å². The number of thiazole rings is 1. The molecule has 7 heteroatoms. The van der Waals surface area contributed by atoms with Crippen LogP contribution in [0.2, 0.25) is 0 Å². The van der Waals surface area contributed by atoms with E-state index in [1.807, 2.05) is 28.5 Å². The Bertz CT molecular complexity index is 1150. The molecule has 2 heterocycles. The summed E-state index contributed by atoms with van der Waals surface area (Å²) in [6.07, 6.45) is 3.97. The first-order valence-electron chi connectivity index (χ1n) is 10.5. The fraction of sp³-hybridized carbons (Fsp3) is 0.292. The summed E-state index contributed by atoms with van der Waals surface area (Å²) in [5, 5.41) is 5.34. The molecule has 0 radical (unpaired) electrons. The largest absolute Gasteiger partial charge is 0.496 e. The molecule has 1 saturated carbocycles. The minimum atomic E-state index is -0.252. The van der Waals surface area contributed by atoms with E-state index in [2.05, 4.69) is 16.4 Å². The molecule has 0 bridgehead atoms. The van der Waals surface area contributed by atoms with Crippen LogP contribution >= 0.6 is 11.3 Å². The van der Waals surface area contributed by atoms with Gasteiger partial charge in [-0.1, -0.05) is 18.2 Å². The summed E-state index contributed by atoms with van der Waals surface area (Å²) in [4.78, 5) is 31.8. The van der Waals surface area contributed by atoms with Gasteiger partial charge < -0.3 is 9.64 Å². The van der Waals surface area contributed by atoms with Crippen LogP contribution in [0.1, 0.15) is 35.2 Å². The maximum atomic E-state index is 12.6. The number of hydrogen-bond donors (Lipinski definition) is 1. The Morgan fingerprint density at radius 2 is 2.03 bits per heavy atom. The Kier molecular flexibility index (Phi) is 5.19. The van der Waals surface area contributed by atoms with E-state index in [0.29, 0.717) is 16.4 Å². The van der Waals surface area contributed by atoms with Gasteiger partial charge in [-0.3, -0.25) is 14.9 Å². The van der Waals surface area contributed by atoms with Gasteiger partial charge in [0, 0.05) is 29.1 Å². The standard InChI is InChI=1S/C24H23N3O3S/c1-30-21-7-3-2-6-18(21)22(28)26-24-25-19(14-31-24)16-10-11-20-17(13-16)5-4-12-27(20)23(29)15-8-9-15/h2-3,6-7,10-11,13-15H,4-5,8-9,12H2,1H3,(H,25,26,28). The number of carbonyl (C=O) groups is 2. The molecule has 1 N–H and O–H groups in total. The number of para-hydroxylation sites is 1. The van der Waals surface area contributed by atoms with Gasteiger partial charge in [-0.25, -0.2) is 4.98 Å². The van der Waals surface area contributed by atoms with Crippen molar-refractivity contribution in [1.82, 2.24) is 4.98 Å². The lowest BCUT2D eigenvalue weighted by Gasteiger charge is -2.30. The fourth-order valence-electron chi connectivity index (χ4n) is 4.00. The highest BCUT2D eigenvalue weighted by Gasteiger charge is 2.35. The first-order valence-corrected chi connectivity index (χ1v) is 11.4. The van der Waals surface area contributed by atoms with Gasteiger partial charge in [0.1, 0.15) is 5.75 Å². The lowest BCUT2D eigenvalue weighted by atomic mass is 9.98. The SMILES string of the molecule is COc1ccccc1C(=O)Nc1nc(-c2ccc3c(c2)CCCN3C(=O)C2CC2)cs1. The third-order valence-electron chi connectivity index (χ3n) is 5.76. The zero-order valence-electron chi connectivity index (χ0n) is 17.3. The van der Waals surface area contributed by atoms with Crippen LogP contribution in [0.4, 0.5) is 10.8 Å². The lowest BCUT2D eigenvalue weighted by molar-refractivity contribution is -0.119. The molecule has 1 aliphatic heterocycles. The Morgan fingerprint density at radius 1 is 1.19 bits per heavy atom. The third-order valence-corrected chi connectivity index (χ3v) is 6.52. The molecule has 0 unspecified atom stereocenters. The molecular weight excluding hydrogens is 410 g/mol. The number of nitrogens with zero attached hydrogens (tertiary/aromatic N) is 2. The number of nitrogens with one attached hydrogen (secondary N) is 1. The smallest absolute Gasteiger partial charge is 0.261 e. The first kappa shape index (κ1) is 19.8. The van der Waals surface area contributed by atoms with Gasteiger partial charge in [0.05, 0.1) is 18.4 Å². The summed E-state index contributed by atoms with van der Waals surface area (Å²) >= 11 is 1.39. The third kappa shape index (κ3) is 3.93. The molecule has 1 aliphatic carbocycles. The average molecular weight is 434 g/mol. The fourth-order valence-corrected chi connectivity index (χ4v) is 4.71. The summed E-state index contributed by atoms with van der Waals surface area (Å²) in [6.45, 7) is 0.803. The monoisotopic (exact) mass is 433 g/mol. The molecule has 1 aromatic heterocycles. The van der Waals surface area contributed by atoms with E-state index in [1.165, 1.54) is 16.9 Å². The molecule has 5 rings (SSSR count). The molecule has 3 aromatic rings. The minimum Gasteiger partial charge on any atom is -0.496 e. The van der Waals surface area contributed by atoms with Crippen molar-refractivity contribution in [3.8, 4) is 17.0 Å². The predicted octanol–water partition coefficient (Wildman–Crippen LogP) is 4.76. The van der Waals surface area contributed by atoms with E-state index >= 15 is 0 Å². The molecule has 1 fully saturated rings. The van der Waals surface area contributed by atoms with Gasteiger partial charge >= 0.3 is 0 Å². The Morgan fingerprint density at radius 3 is 2.84 bits per heavy atom. The molecule has 2 aromatic carbocycles. The summed E-state index contributed by atoms with van der Waals surface area (Å²) in [7, 11) is 1.54. The van der Waals surface area contributed by atoms with Crippen LogP contribution in [0.25, 0.3) is 11.3 Å². The highest BCUT2D eigenvalue weighted by atomic mass is 32.1. The molecule has 0 spiro atoms. The van der Waals surface area contributed by atoms with Crippen LogP contribution in [0, 0.1) is 5.92 Å². The van der Waals surface area contributed by atoms with Crippen LogP contribution in [0.15, 0.2) is 47.8 Å². The number of hydrogen-bond acceptors (Lipinski definition) is 5. The summed E-state index contributed by atoms with van der Waals surface area (Å²) in [5.74, 6) is 0.761. The number of fused-ring (bicyclic) bond motifs is 1. The number of carbonyl (C=O) groups excluding carboxylic acids is 2. The summed E-state index contributed by atoms with van der Waals surface area (Å²) in [6, 6.07) is 13.3. The quantitative estimate of drug-likeness (QED) is 0.630. The van der Waals surface area contributed by atoms with E-state index in [1.54, 1.807) is 25.3 Å². The number of anilines is 2. The maximum Gasteiger partial charge on any atom is 0.261 e. The Hall–Kier alpha value is -3.19. The van der Waals surface area contributed by atoms with E-state index < -0.39 is 0 Å². The van der Waals surface area contributed by atoms with Crippen LogP contribution in [-0.2, 0) is 11.2 Å². The molecule has 158 valence electrons. The van der Waals surface area contributed by atoms with E-state index in [4.69, 9.17) is 4.74 Å². The number of amides is 2. The van der Waals surface area contributed by atoms with Gasteiger partial charge in [0.15, 0.2) is 5.13 Å². The number of ether oxygens (including phenoxy) is 1. The zero-order chi connectivity index (χ0) is 21.4. The second-order valence-electron chi connectivity index (χ2n) is 7.90. The van der Waals surface area contributed by atoms with Crippen molar-refractivity contribution in [3.05, 3.63) is 59.0 Å². The molecule has 0 atom stereocenters. The highest BCUT2D eigenvalue weighted by Crippen LogP contribution is 2.37. The molecule has 6 nitrogen and oxygen atoms in total. The van der Waals surface area contributed by atoms with Crippen LogP contribution < -0.4 is 15.0 Å². The maximum absolute atomic E-state index is 12.6. The van der Waals surface area contributed by atoms with Gasteiger partial charge in [-0.15, -0.1) is 11.3 Å². The Balaban J connectivity index is 1.35. The zero-order valence-corrected chi connectivity index (χ0v) is 18.1. The summed E-state index contributed by atoms with van der Waals surface area (Å²) < 4.78 is 5.27. The average Bonchev–Trinajstić information content (AvgIpc) is 3.56. The van der Waals surface area contributed by atoms with E-state index in [0.717, 1.165) is 49.2 Å². The predicted molar refractivity (Wildman–Crippen MR) is 122 cm³/mol. The number of benzene rings is 2. The van der Waals surface area contributed by atoms with Crippen LogP contribution in [0.5, 0.6) is 5.75 Å². The van der Waals surface area contributed by atoms with E-state index in [-0.39, 0.29) is 17.7 Å². The molecule has 31 heavy (non-hydrogen) atoms. The minimum absolute atomic E-state index is 0.221. The first-order chi connectivity index (χ1) is 15.1. The lowest BCUT2D eigenvalue weighted by Crippen LogP contribution is -2.36. The van der Waals surface area contributed by atoms with Gasteiger partial charge in [-0.05, 0) is 55.5 Å². The Labute approximate surface area is 184 Å². The van der Waals surface area contributed by atoms with Crippen molar-refractivity contribution in [3.63, 3.8) is 0 Å². The van der Waals surface area contributed by atoms with E-state index in [9.17, 15) is 9.59 Å². The number of methoxy groups -OCH3 is 1. The topological polar surface area (TPSA) is 71.5 Å². The second kappa shape index (κ2) is 8.15. The van der Waals surface area contributed by atoms with Crippen LogP contribution in [0.3, 0.4) is 0 Å². The number of aryl methyl sites for hydroxylation is 1. The van der Waals surface area contributed by atoms with Crippen molar-refractivity contribution < 1.29 is 14.3 Å². The molecule has 2 amide bonds. The molecule has 2 aliphatic rings.